The van der Waals surface area contributed by atoms with Crippen LogP contribution in [0.25, 0.3) is 0 Å². The lowest BCUT2D eigenvalue weighted by atomic mass is 9.94. The Bertz CT molecular complexity index is 508. The lowest BCUT2D eigenvalue weighted by Gasteiger charge is -2.35. The molecule has 0 saturated carbocycles. The number of aromatic nitrogens is 1. The Balaban J connectivity index is 2.07. The van der Waals surface area contributed by atoms with E-state index in [-0.39, 0.29) is 11.9 Å². The Morgan fingerprint density at radius 1 is 1.57 bits per heavy atom. The molecule has 2 unspecified atom stereocenters. The minimum atomic E-state index is -0.122. The molecule has 1 fully saturated rings. The number of amides is 1. The van der Waals surface area contributed by atoms with Crippen LogP contribution in [0.3, 0.4) is 0 Å². The molecule has 1 aromatic rings. The maximum atomic E-state index is 12.5. The molecule has 1 amide bonds. The summed E-state index contributed by atoms with van der Waals surface area (Å²) < 4.78 is 0. The predicted octanol–water partition coefficient (Wildman–Crippen LogP) is 2.24. The van der Waals surface area contributed by atoms with Crippen LogP contribution in [0.15, 0.2) is 12.3 Å². The van der Waals surface area contributed by atoms with E-state index in [1.165, 1.54) is 6.20 Å². The van der Waals surface area contributed by atoms with Gasteiger partial charge < -0.3 is 15.5 Å². The van der Waals surface area contributed by atoms with Gasteiger partial charge in [0.1, 0.15) is 5.82 Å². The second kappa shape index (κ2) is 7.09. The molecule has 1 saturated heterocycles. The minimum absolute atomic E-state index is 0.122. The number of pyridine rings is 1. The van der Waals surface area contributed by atoms with Crippen molar-refractivity contribution in [2.24, 2.45) is 5.92 Å². The van der Waals surface area contributed by atoms with Crippen molar-refractivity contribution < 1.29 is 4.79 Å². The average Bonchev–Trinajstić information content (AvgIpc) is 2.44. The van der Waals surface area contributed by atoms with E-state index in [0.717, 1.165) is 26.1 Å². The highest BCUT2D eigenvalue weighted by Gasteiger charge is 2.26. The van der Waals surface area contributed by atoms with Crippen LogP contribution in [-0.4, -0.2) is 48.5 Å². The van der Waals surface area contributed by atoms with E-state index in [0.29, 0.717) is 22.3 Å². The standard InChI is InChI=1S/C15H23ClN4O/c1-4-17-14-7-11(12(16)8-18-14)15(21)19-13-5-6-20(3)9-10(13)2/h7-8,10,13H,4-6,9H2,1-3H3,(H,17,18)(H,19,21). The fourth-order valence-corrected chi connectivity index (χ4v) is 2.89. The third-order valence-corrected chi connectivity index (χ3v) is 4.18. The third-order valence-electron chi connectivity index (χ3n) is 3.88. The summed E-state index contributed by atoms with van der Waals surface area (Å²) in [6, 6.07) is 1.90. The summed E-state index contributed by atoms with van der Waals surface area (Å²) in [6.07, 6.45) is 2.48. The van der Waals surface area contributed by atoms with Gasteiger partial charge in [-0.3, -0.25) is 4.79 Å². The van der Waals surface area contributed by atoms with Crippen molar-refractivity contribution in [3.63, 3.8) is 0 Å². The third kappa shape index (κ3) is 4.08. The molecule has 1 aromatic heterocycles. The van der Waals surface area contributed by atoms with Gasteiger partial charge in [0.25, 0.3) is 5.91 Å². The van der Waals surface area contributed by atoms with Gasteiger partial charge in [-0.15, -0.1) is 0 Å². The van der Waals surface area contributed by atoms with Gasteiger partial charge in [0.15, 0.2) is 0 Å². The van der Waals surface area contributed by atoms with E-state index in [1.807, 2.05) is 6.92 Å². The van der Waals surface area contributed by atoms with Crippen molar-refractivity contribution >= 4 is 23.3 Å². The minimum Gasteiger partial charge on any atom is -0.370 e. The second-order valence-electron chi connectivity index (χ2n) is 5.69. The molecule has 0 spiro atoms. The zero-order valence-electron chi connectivity index (χ0n) is 12.8. The number of likely N-dealkylation sites (tertiary alicyclic amines) is 1. The molecule has 0 aromatic carbocycles. The van der Waals surface area contributed by atoms with Gasteiger partial charge >= 0.3 is 0 Å². The maximum absolute atomic E-state index is 12.5. The zero-order chi connectivity index (χ0) is 15.4. The van der Waals surface area contributed by atoms with E-state index in [4.69, 9.17) is 11.6 Å². The van der Waals surface area contributed by atoms with Gasteiger partial charge in [-0.05, 0) is 38.9 Å². The van der Waals surface area contributed by atoms with Crippen LogP contribution >= 0.6 is 11.6 Å². The van der Waals surface area contributed by atoms with Crippen LogP contribution in [0.1, 0.15) is 30.6 Å². The van der Waals surface area contributed by atoms with Crippen LogP contribution in [0, 0.1) is 5.92 Å². The van der Waals surface area contributed by atoms with Crippen molar-refractivity contribution in [3.8, 4) is 0 Å². The van der Waals surface area contributed by atoms with Gasteiger partial charge in [-0.25, -0.2) is 4.98 Å². The SMILES string of the molecule is CCNc1cc(C(=O)NC2CCN(C)CC2C)c(Cl)cn1. The molecule has 1 aliphatic rings. The smallest absolute Gasteiger partial charge is 0.253 e. The van der Waals surface area contributed by atoms with E-state index in [1.54, 1.807) is 6.07 Å². The summed E-state index contributed by atoms with van der Waals surface area (Å²) in [7, 11) is 2.11. The number of hydrogen-bond donors (Lipinski definition) is 2. The number of carbonyl (C=O) groups excluding carboxylic acids is 1. The fraction of sp³-hybridized carbons (Fsp3) is 0.600. The number of rotatable bonds is 4. The largest absolute Gasteiger partial charge is 0.370 e. The van der Waals surface area contributed by atoms with Crippen LogP contribution in [0.2, 0.25) is 5.02 Å². The monoisotopic (exact) mass is 310 g/mol. The predicted molar refractivity (Wildman–Crippen MR) is 85.9 cm³/mol. The van der Waals surface area contributed by atoms with E-state index in [9.17, 15) is 4.79 Å². The Labute approximate surface area is 131 Å². The van der Waals surface area contributed by atoms with Crippen molar-refractivity contribution in [2.45, 2.75) is 26.3 Å². The Morgan fingerprint density at radius 2 is 2.33 bits per heavy atom. The number of hydrogen-bond acceptors (Lipinski definition) is 4. The highest BCUT2D eigenvalue weighted by Crippen LogP contribution is 2.20. The molecule has 2 atom stereocenters. The van der Waals surface area contributed by atoms with Gasteiger partial charge in [-0.2, -0.15) is 0 Å². The van der Waals surface area contributed by atoms with E-state index >= 15 is 0 Å². The molecule has 5 nitrogen and oxygen atoms in total. The number of carbonyl (C=O) groups is 1. The Hall–Kier alpha value is -1.33. The number of anilines is 1. The maximum Gasteiger partial charge on any atom is 0.253 e. The number of nitrogens with zero attached hydrogens (tertiary/aromatic N) is 2. The van der Waals surface area contributed by atoms with Crippen molar-refractivity contribution in [1.29, 1.82) is 0 Å². The van der Waals surface area contributed by atoms with Gasteiger partial charge in [0.05, 0.1) is 10.6 Å². The molecular weight excluding hydrogens is 288 g/mol. The van der Waals surface area contributed by atoms with Gasteiger partial charge in [0.2, 0.25) is 0 Å². The van der Waals surface area contributed by atoms with E-state index in [2.05, 4.69) is 34.5 Å². The second-order valence-corrected chi connectivity index (χ2v) is 6.10. The number of piperidine rings is 1. The summed E-state index contributed by atoms with van der Waals surface area (Å²) in [6.45, 7) is 6.90. The molecule has 116 valence electrons. The fourth-order valence-electron chi connectivity index (χ4n) is 2.71. The molecule has 2 N–H and O–H groups in total. The van der Waals surface area contributed by atoms with Crippen molar-refractivity contribution in [3.05, 3.63) is 22.8 Å². The summed E-state index contributed by atoms with van der Waals surface area (Å²) in [4.78, 5) is 18.9. The molecule has 6 heteroatoms. The van der Waals surface area contributed by atoms with Crippen LogP contribution < -0.4 is 10.6 Å². The average molecular weight is 311 g/mol. The lowest BCUT2D eigenvalue weighted by molar-refractivity contribution is 0.0884. The molecule has 0 aliphatic carbocycles. The molecule has 0 radical (unpaired) electrons. The normalized spacial score (nSPS) is 22.9. The Morgan fingerprint density at radius 3 is 3.00 bits per heavy atom. The summed E-state index contributed by atoms with van der Waals surface area (Å²) in [5.41, 5.74) is 0.480. The molecule has 1 aliphatic heterocycles. The summed E-state index contributed by atoms with van der Waals surface area (Å²) >= 11 is 6.11. The zero-order valence-corrected chi connectivity index (χ0v) is 13.6. The van der Waals surface area contributed by atoms with Crippen molar-refractivity contribution in [2.75, 3.05) is 32.0 Å². The molecule has 2 rings (SSSR count). The molecule has 21 heavy (non-hydrogen) atoms. The topological polar surface area (TPSA) is 57.3 Å². The first-order valence-electron chi connectivity index (χ1n) is 7.40. The molecule has 2 heterocycles. The molecular formula is C15H23ClN4O. The van der Waals surface area contributed by atoms with Crippen LogP contribution in [-0.2, 0) is 0 Å². The first-order chi connectivity index (χ1) is 10.0. The summed E-state index contributed by atoms with van der Waals surface area (Å²) in [5.74, 6) is 0.980. The Kier molecular flexibility index (Phi) is 5.42. The van der Waals surface area contributed by atoms with Gasteiger partial charge in [0, 0.05) is 25.3 Å². The van der Waals surface area contributed by atoms with E-state index < -0.39 is 0 Å². The summed E-state index contributed by atoms with van der Waals surface area (Å²) in [5, 5.41) is 6.59. The first-order valence-corrected chi connectivity index (χ1v) is 7.78. The quantitative estimate of drug-likeness (QED) is 0.895. The lowest BCUT2D eigenvalue weighted by Crippen LogP contribution is -2.48. The number of nitrogens with one attached hydrogen (secondary N) is 2. The first kappa shape index (κ1) is 16.0. The highest BCUT2D eigenvalue weighted by molar-refractivity contribution is 6.33. The van der Waals surface area contributed by atoms with Gasteiger partial charge in [-0.1, -0.05) is 18.5 Å². The van der Waals surface area contributed by atoms with Crippen LogP contribution in [0.4, 0.5) is 5.82 Å². The highest BCUT2D eigenvalue weighted by atomic mass is 35.5. The molecule has 0 bridgehead atoms. The number of halogens is 1. The van der Waals surface area contributed by atoms with Crippen LogP contribution in [0.5, 0.6) is 0 Å². The van der Waals surface area contributed by atoms with Crippen molar-refractivity contribution in [1.82, 2.24) is 15.2 Å².